The second-order valence-corrected chi connectivity index (χ2v) is 7.25. The van der Waals surface area contributed by atoms with Crippen LogP contribution in [0.4, 0.5) is 0 Å². The van der Waals surface area contributed by atoms with Crippen molar-refractivity contribution < 1.29 is 23.8 Å². The monoisotopic (exact) mass is 344 g/mol. The number of ether oxygens (including phenoxy) is 1. The van der Waals surface area contributed by atoms with E-state index in [1.165, 1.54) is 0 Å². The zero-order chi connectivity index (χ0) is 17.4. The molecule has 2 bridgehead atoms. The Labute approximate surface area is 146 Å². The Hall–Kier alpha value is -2.08. The maximum Gasteiger partial charge on any atom is 0.227 e. The van der Waals surface area contributed by atoms with Crippen molar-refractivity contribution >= 4 is 11.9 Å². The SMILES string of the molecule is O=C([O-])[C@@H]1[C@H](C(=O)N(Cc2ccco2)C[C@@H]2CCCO2)[C@H]2C=C[C@@H]1C2. The van der Waals surface area contributed by atoms with Crippen LogP contribution in [-0.4, -0.2) is 36.0 Å². The molecule has 2 heterocycles. The second kappa shape index (κ2) is 6.67. The molecule has 1 aliphatic heterocycles. The van der Waals surface area contributed by atoms with E-state index < -0.39 is 17.8 Å². The molecule has 3 aliphatic rings. The molecule has 0 radical (unpaired) electrons. The molecule has 5 atom stereocenters. The number of carbonyl (C=O) groups is 2. The van der Waals surface area contributed by atoms with E-state index in [-0.39, 0.29) is 23.8 Å². The van der Waals surface area contributed by atoms with Gasteiger partial charge in [-0.25, -0.2) is 0 Å². The largest absolute Gasteiger partial charge is 0.550 e. The Balaban J connectivity index is 1.55. The predicted molar refractivity (Wildman–Crippen MR) is 85.8 cm³/mol. The van der Waals surface area contributed by atoms with Crippen molar-refractivity contribution in [2.24, 2.45) is 23.7 Å². The lowest BCUT2D eigenvalue weighted by molar-refractivity contribution is -0.313. The highest BCUT2D eigenvalue weighted by Gasteiger charge is 2.50. The van der Waals surface area contributed by atoms with Gasteiger partial charge in [0.2, 0.25) is 5.91 Å². The van der Waals surface area contributed by atoms with Crippen LogP contribution < -0.4 is 5.11 Å². The van der Waals surface area contributed by atoms with E-state index in [1.54, 1.807) is 17.2 Å². The van der Waals surface area contributed by atoms with Crippen LogP contribution in [-0.2, 0) is 20.9 Å². The van der Waals surface area contributed by atoms with E-state index in [1.807, 2.05) is 18.2 Å². The van der Waals surface area contributed by atoms with Crippen LogP contribution in [0.15, 0.2) is 35.0 Å². The van der Waals surface area contributed by atoms with Gasteiger partial charge < -0.3 is 24.0 Å². The molecule has 2 fully saturated rings. The van der Waals surface area contributed by atoms with Crippen LogP contribution in [0.25, 0.3) is 0 Å². The third kappa shape index (κ3) is 3.11. The molecule has 1 aromatic rings. The number of aliphatic carboxylic acids is 1. The van der Waals surface area contributed by atoms with E-state index in [0.29, 0.717) is 25.5 Å². The lowest BCUT2D eigenvalue weighted by atomic mass is 9.82. The van der Waals surface area contributed by atoms with Crippen LogP contribution in [0, 0.1) is 23.7 Å². The summed E-state index contributed by atoms with van der Waals surface area (Å²) in [7, 11) is 0. The summed E-state index contributed by atoms with van der Waals surface area (Å²) >= 11 is 0. The Morgan fingerprint density at radius 2 is 2.04 bits per heavy atom. The van der Waals surface area contributed by atoms with Gasteiger partial charge in [0.05, 0.1) is 24.8 Å². The molecule has 4 rings (SSSR count). The van der Waals surface area contributed by atoms with E-state index in [9.17, 15) is 14.7 Å². The molecular weight excluding hydrogens is 322 g/mol. The molecule has 1 aromatic heterocycles. The Morgan fingerprint density at radius 3 is 2.68 bits per heavy atom. The Bertz CT molecular complexity index is 661. The highest BCUT2D eigenvalue weighted by Crippen LogP contribution is 2.48. The molecule has 1 amide bonds. The van der Waals surface area contributed by atoms with Gasteiger partial charge in [-0.15, -0.1) is 0 Å². The number of carboxylic acid groups (broad SMARTS) is 1. The topological polar surface area (TPSA) is 82.8 Å². The van der Waals surface area contributed by atoms with Crippen LogP contribution in [0.2, 0.25) is 0 Å². The summed E-state index contributed by atoms with van der Waals surface area (Å²) in [5, 5.41) is 11.6. The number of furan rings is 1. The van der Waals surface area contributed by atoms with E-state index in [0.717, 1.165) is 19.3 Å². The van der Waals surface area contributed by atoms with Gasteiger partial charge in [0, 0.05) is 25.0 Å². The highest BCUT2D eigenvalue weighted by atomic mass is 16.5. The van der Waals surface area contributed by atoms with Crippen molar-refractivity contribution in [3.63, 3.8) is 0 Å². The maximum absolute atomic E-state index is 13.3. The predicted octanol–water partition coefficient (Wildman–Crippen LogP) is 0.975. The average molecular weight is 344 g/mol. The van der Waals surface area contributed by atoms with Crippen LogP contribution in [0.1, 0.15) is 25.0 Å². The van der Waals surface area contributed by atoms with Gasteiger partial charge in [-0.05, 0) is 43.2 Å². The Morgan fingerprint density at radius 1 is 1.24 bits per heavy atom. The maximum atomic E-state index is 13.3. The number of carbonyl (C=O) groups excluding carboxylic acids is 2. The summed E-state index contributed by atoms with van der Waals surface area (Å²) in [5.74, 6) is -1.93. The molecule has 6 nitrogen and oxygen atoms in total. The van der Waals surface area contributed by atoms with Gasteiger partial charge in [0.25, 0.3) is 0 Å². The van der Waals surface area contributed by atoms with Gasteiger partial charge in [-0.2, -0.15) is 0 Å². The summed E-state index contributed by atoms with van der Waals surface area (Å²) in [5.41, 5.74) is 0. The molecule has 1 saturated carbocycles. The first-order chi connectivity index (χ1) is 12.1. The van der Waals surface area contributed by atoms with Crippen LogP contribution >= 0.6 is 0 Å². The zero-order valence-electron chi connectivity index (χ0n) is 14.0. The van der Waals surface area contributed by atoms with Crippen molar-refractivity contribution in [3.8, 4) is 0 Å². The summed E-state index contributed by atoms with van der Waals surface area (Å²) in [6.45, 7) is 1.52. The minimum atomic E-state index is -1.12. The van der Waals surface area contributed by atoms with Crippen LogP contribution in [0.3, 0.4) is 0 Å². The van der Waals surface area contributed by atoms with Gasteiger partial charge in [-0.1, -0.05) is 12.2 Å². The fraction of sp³-hybridized carbons (Fsp3) is 0.579. The number of carboxylic acids is 1. The van der Waals surface area contributed by atoms with Gasteiger partial charge in [0.15, 0.2) is 0 Å². The van der Waals surface area contributed by atoms with E-state index in [4.69, 9.17) is 9.15 Å². The fourth-order valence-electron chi connectivity index (χ4n) is 4.55. The van der Waals surface area contributed by atoms with Crippen molar-refractivity contribution in [3.05, 3.63) is 36.3 Å². The Kier molecular flexibility index (Phi) is 4.37. The number of hydrogen-bond acceptors (Lipinski definition) is 5. The number of rotatable bonds is 6. The zero-order valence-corrected chi connectivity index (χ0v) is 14.0. The van der Waals surface area contributed by atoms with E-state index in [2.05, 4.69) is 0 Å². The number of allylic oxidation sites excluding steroid dienone is 2. The molecular formula is C19H22NO5-. The van der Waals surface area contributed by atoms with Crippen molar-refractivity contribution in [1.29, 1.82) is 0 Å². The average Bonchev–Trinajstić information content (AvgIpc) is 3.36. The molecule has 134 valence electrons. The number of nitrogens with zero attached hydrogens (tertiary/aromatic N) is 1. The first kappa shape index (κ1) is 16.4. The van der Waals surface area contributed by atoms with Gasteiger partial charge in [0.1, 0.15) is 5.76 Å². The summed E-state index contributed by atoms with van der Waals surface area (Å²) < 4.78 is 11.1. The molecule has 2 aliphatic carbocycles. The number of fused-ring (bicyclic) bond motifs is 2. The molecule has 0 aromatic carbocycles. The molecule has 0 spiro atoms. The fourth-order valence-corrected chi connectivity index (χ4v) is 4.55. The van der Waals surface area contributed by atoms with Gasteiger partial charge in [-0.3, -0.25) is 4.79 Å². The lowest BCUT2D eigenvalue weighted by Gasteiger charge is -2.33. The van der Waals surface area contributed by atoms with Crippen molar-refractivity contribution in [2.45, 2.75) is 31.9 Å². The standard InChI is InChI=1S/C19H23NO5/c21-18(16-12-5-6-13(9-12)17(16)19(22)23)20(10-14-3-1-7-24-14)11-15-4-2-8-25-15/h1,3,5-7,12-13,15-17H,2,4,8-11H2,(H,22,23)/p-1/t12-,13+,15-,16+,17-/m0/s1. The second-order valence-electron chi connectivity index (χ2n) is 7.25. The third-order valence-electron chi connectivity index (χ3n) is 5.70. The first-order valence-electron chi connectivity index (χ1n) is 8.95. The summed E-state index contributed by atoms with van der Waals surface area (Å²) in [6.07, 6.45) is 8.14. The molecule has 6 heteroatoms. The molecule has 25 heavy (non-hydrogen) atoms. The third-order valence-corrected chi connectivity index (χ3v) is 5.70. The van der Waals surface area contributed by atoms with Gasteiger partial charge >= 0.3 is 0 Å². The van der Waals surface area contributed by atoms with Crippen LogP contribution in [0.5, 0.6) is 0 Å². The highest BCUT2D eigenvalue weighted by molar-refractivity contribution is 5.86. The molecule has 0 N–H and O–H groups in total. The summed E-state index contributed by atoms with van der Waals surface area (Å²) in [4.78, 5) is 26.6. The normalized spacial score (nSPS) is 33.0. The summed E-state index contributed by atoms with van der Waals surface area (Å²) in [6, 6.07) is 3.61. The van der Waals surface area contributed by atoms with Crippen molar-refractivity contribution in [1.82, 2.24) is 4.90 Å². The lowest BCUT2D eigenvalue weighted by Crippen LogP contribution is -2.47. The minimum Gasteiger partial charge on any atom is -0.550 e. The minimum absolute atomic E-state index is 0.00875. The first-order valence-corrected chi connectivity index (χ1v) is 8.95. The number of amides is 1. The quantitative estimate of drug-likeness (QED) is 0.718. The number of hydrogen-bond donors (Lipinski definition) is 0. The van der Waals surface area contributed by atoms with Crippen molar-refractivity contribution in [2.75, 3.05) is 13.2 Å². The molecule has 0 unspecified atom stereocenters. The molecule has 1 saturated heterocycles. The smallest absolute Gasteiger partial charge is 0.227 e. The van der Waals surface area contributed by atoms with E-state index >= 15 is 0 Å².